The summed E-state index contributed by atoms with van der Waals surface area (Å²) < 4.78 is 15.2. The molecule has 0 radical (unpaired) electrons. The van der Waals surface area contributed by atoms with Crippen LogP contribution in [0.4, 0.5) is 10.3 Å². The number of benzene rings is 2. The molecule has 3 aromatic rings. The molecule has 2 aliphatic rings. The Morgan fingerprint density at radius 3 is 2.41 bits per heavy atom. The van der Waals surface area contributed by atoms with Crippen LogP contribution in [0.25, 0.3) is 0 Å². The number of aryl methyl sites for hydroxylation is 2. The summed E-state index contributed by atoms with van der Waals surface area (Å²) in [5.74, 6) is 1.16. The smallest absolute Gasteiger partial charge is 0.226 e. The summed E-state index contributed by atoms with van der Waals surface area (Å²) in [5.41, 5.74) is 4.79. The maximum Gasteiger partial charge on any atom is 0.226 e. The molecule has 146 valence electrons. The molecular formula is C23H21FN4O. The monoisotopic (exact) mass is 388 g/mol. The van der Waals surface area contributed by atoms with Gasteiger partial charge in [-0.1, -0.05) is 42.0 Å². The third-order valence-corrected chi connectivity index (χ3v) is 5.76. The van der Waals surface area contributed by atoms with E-state index in [1.54, 1.807) is 16.8 Å². The van der Waals surface area contributed by atoms with Gasteiger partial charge in [0.2, 0.25) is 5.95 Å². The van der Waals surface area contributed by atoms with E-state index < -0.39 is 6.04 Å². The minimum absolute atomic E-state index is 0.0949. The highest BCUT2D eigenvalue weighted by atomic mass is 19.1. The van der Waals surface area contributed by atoms with Crippen LogP contribution in [0, 0.1) is 19.7 Å². The quantitative estimate of drug-likeness (QED) is 0.705. The molecule has 29 heavy (non-hydrogen) atoms. The van der Waals surface area contributed by atoms with Crippen molar-refractivity contribution in [2.24, 2.45) is 0 Å². The highest BCUT2D eigenvalue weighted by Crippen LogP contribution is 2.43. The summed E-state index contributed by atoms with van der Waals surface area (Å²) in [7, 11) is 0. The van der Waals surface area contributed by atoms with E-state index in [0.717, 1.165) is 17.7 Å². The Bertz CT molecular complexity index is 1130. The summed E-state index contributed by atoms with van der Waals surface area (Å²) in [6, 6.07) is 14.3. The van der Waals surface area contributed by atoms with Crippen molar-refractivity contribution in [2.75, 3.05) is 5.32 Å². The number of aromatic nitrogens is 3. The Morgan fingerprint density at radius 1 is 1.00 bits per heavy atom. The van der Waals surface area contributed by atoms with Crippen molar-refractivity contribution < 1.29 is 9.18 Å². The third-order valence-electron chi connectivity index (χ3n) is 5.76. The Kier molecular flexibility index (Phi) is 4.08. The molecule has 5 nitrogen and oxygen atoms in total. The molecule has 0 bridgehead atoms. The fourth-order valence-corrected chi connectivity index (χ4v) is 4.35. The number of fused-ring (bicyclic) bond motifs is 1. The molecule has 0 unspecified atom stereocenters. The van der Waals surface area contributed by atoms with Crippen LogP contribution in [0.3, 0.4) is 0 Å². The number of hydrogen-bond acceptors (Lipinski definition) is 4. The van der Waals surface area contributed by atoms with Crippen LogP contribution in [-0.2, 0) is 4.79 Å². The van der Waals surface area contributed by atoms with Crippen molar-refractivity contribution in [3.63, 3.8) is 0 Å². The second-order valence-electron chi connectivity index (χ2n) is 7.84. The Balaban J connectivity index is 1.60. The standard InChI is InChI=1S/C23H21FN4O/c1-13-3-5-15(6-4-13)17-11-19-21(20(29)12-17)22(16-7-9-18(24)10-8-16)28-23(26-19)25-14(2)27-28/h3-10,17,22H,11-12H2,1-2H3,(H,25,26,27)/t17-,22+/m0/s1. The van der Waals surface area contributed by atoms with Crippen LogP contribution < -0.4 is 5.32 Å². The number of nitrogens with one attached hydrogen (secondary N) is 1. The van der Waals surface area contributed by atoms with Gasteiger partial charge in [0.1, 0.15) is 17.7 Å². The Morgan fingerprint density at radius 2 is 1.69 bits per heavy atom. The Labute approximate surface area is 168 Å². The molecule has 2 aromatic carbocycles. The predicted molar refractivity (Wildman–Crippen MR) is 108 cm³/mol. The molecule has 1 N–H and O–H groups in total. The van der Waals surface area contributed by atoms with Crippen molar-refractivity contribution in [1.29, 1.82) is 0 Å². The molecule has 0 saturated heterocycles. The second-order valence-corrected chi connectivity index (χ2v) is 7.84. The summed E-state index contributed by atoms with van der Waals surface area (Å²) in [4.78, 5) is 17.8. The van der Waals surface area contributed by atoms with E-state index in [4.69, 9.17) is 0 Å². The van der Waals surface area contributed by atoms with Crippen molar-refractivity contribution in [3.8, 4) is 0 Å². The number of carbonyl (C=O) groups excluding carboxylic acids is 1. The van der Waals surface area contributed by atoms with Crippen LogP contribution in [-0.4, -0.2) is 20.5 Å². The number of halogens is 1. The minimum atomic E-state index is -0.394. The van der Waals surface area contributed by atoms with Crippen LogP contribution in [0.5, 0.6) is 0 Å². The zero-order valence-corrected chi connectivity index (χ0v) is 16.3. The highest BCUT2D eigenvalue weighted by molar-refractivity contribution is 6.00. The zero-order valence-electron chi connectivity index (χ0n) is 16.3. The number of Topliss-reactive ketones (excluding diaryl/α,β-unsaturated/α-hetero) is 1. The highest BCUT2D eigenvalue weighted by Gasteiger charge is 2.39. The molecule has 0 amide bonds. The molecule has 2 heterocycles. The van der Waals surface area contributed by atoms with Gasteiger partial charge in [0.05, 0.1) is 0 Å². The number of carbonyl (C=O) groups is 1. The van der Waals surface area contributed by atoms with Crippen molar-refractivity contribution in [2.45, 2.75) is 38.6 Å². The van der Waals surface area contributed by atoms with Crippen molar-refractivity contribution in [3.05, 3.63) is 88.1 Å². The van der Waals surface area contributed by atoms with Crippen LogP contribution in [0.1, 0.15) is 47.3 Å². The lowest BCUT2D eigenvalue weighted by atomic mass is 9.78. The maximum absolute atomic E-state index is 13.5. The summed E-state index contributed by atoms with van der Waals surface area (Å²) >= 11 is 0. The molecule has 0 fully saturated rings. The first-order valence-corrected chi connectivity index (χ1v) is 9.78. The van der Waals surface area contributed by atoms with Crippen LogP contribution in [0.2, 0.25) is 0 Å². The van der Waals surface area contributed by atoms with Gasteiger partial charge in [-0.2, -0.15) is 10.1 Å². The van der Waals surface area contributed by atoms with Gasteiger partial charge in [-0.15, -0.1) is 0 Å². The van der Waals surface area contributed by atoms with Crippen molar-refractivity contribution >= 4 is 11.7 Å². The second kappa shape index (κ2) is 6.65. The number of nitrogens with zero attached hydrogens (tertiary/aromatic N) is 3. The predicted octanol–water partition coefficient (Wildman–Crippen LogP) is 4.45. The lowest BCUT2D eigenvalue weighted by Crippen LogP contribution is -2.33. The van der Waals surface area contributed by atoms with E-state index in [9.17, 15) is 9.18 Å². The largest absolute Gasteiger partial charge is 0.328 e. The van der Waals surface area contributed by atoms with E-state index in [1.165, 1.54) is 23.3 Å². The van der Waals surface area contributed by atoms with E-state index in [0.29, 0.717) is 23.8 Å². The van der Waals surface area contributed by atoms with Gasteiger partial charge in [-0.25, -0.2) is 9.07 Å². The maximum atomic E-state index is 13.5. The molecule has 1 aliphatic heterocycles. The number of rotatable bonds is 2. The number of hydrogen-bond donors (Lipinski definition) is 1. The van der Waals surface area contributed by atoms with Gasteiger partial charge in [0.15, 0.2) is 5.78 Å². The fraction of sp³-hybridized carbons (Fsp3) is 0.261. The molecule has 1 aromatic heterocycles. The molecule has 0 saturated carbocycles. The topological polar surface area (TPSA) is 59.8 Å². The first-order chi connectivity index (χ1) is 14.0. The third kappa shape index (κ3) is 3.05. The average Bonchev–Trinajstić information content (AvgIpc) is 3.07. The number of anilines is 1. The molecule has 0 spiro atoms. The van der Waals surface area contributed by atoms with Gasteiger partial charge in [-0.3, -0.25) is 4.79 Å². The molecule has 2 atom stereocenters. The van der Waals surface area contributed by atoms with Gasteiger partial charge in [-0.05, 0) is 49.4 Å². The minimum Gasteiger partial charge on any atom is -0.328 e. The lowest BCUT2D eigenvalue weighted by molar-refractivity contribution is -0.116. The zero-order chi connectivity index (χ0) is 20.1. The summed E-state index contributed by atoms with van der Waals surface area (Å²) in [6.07, 6.45) is 1.18. The van der Waals surface area contributed by atoms with Gasteiger partial charge < -0.3 is 5.32 Å². The number of allylic oxidation sites excluding steroid dienone is 2. The van der Waals surface area contributed by atoms with Gasteiger partial charge in [0, 0.05) is 17.7 Å². The molecule has 5 rings (SSSR count). The van der Waals surface area contributed by atoms with Crippen LogP contribution >= 0.6 is 0 Å². The van der Waals surface area contributed by atoms with Gasteiger partial charge in [0.25, 0.3) is 0 Å². The molecular weight excluding hydrogens is 367 g/mol. The Hall–Kier alpha value is -3.28. The first-order valence-electron chi connectivity index (χ1n) is 9.78. The normalized spacial score (nSPS) is 20.9. The lowest BCUT2D eigenvalue weighted by Gasteiger charge is -2.35. The molecule has 1 aliphatic carbocycles. The number of ketones is 1. The SMILES string of the molecule is Cc1ccc([C@@H]2CC(=O)C3=C(C2)Nc2nc(C)nn2[C@@H]3c2ccc(F)cc2)cc1. The average molecular weight is 388 g/mol. The first kappa shape index (κ1) is 17.8. The van der Waals surface area contributed by atoms with E-state index >= 15 is 0 Å². The van der Waals surface area contributed by atoms with E-state index in [-0.39, 0.29) is 17.5 Å². The summed E-state index contributed by atoms with van der Waals surface area (Å²) in [6.45, 7) is 3.88. The van der Waals surface area contributed by atoms with Crippen LogP contribution in [0.15, 0.2) is 59.8 Å². The van der Waals surface area contributed by atoms with Gasteiger partial charge >= 0.3 is 0 Å². The van der Waals surface area contributed by atoms with Crippen molar-refractivity contribution in [1.82, 2.24) is 14.8 Å². The summed E-state index contributed by atoms with van der Waals surface area (Å²) in [5, 5.41) is 7.85. The van der Waals surface area contributed by atoms with E-state index in [1.807, 2.05) is 6.92 Å². The van der Waals surface area contributed by atoms with E-state index in [2.05, 4.69) is 46.6 Å². The fourth-order valence-electron chi connectivity index (χ4n) is 4.35. The molecule has 6 heteroatoms.